The Morgan fingerprint density at radius 2 is 2.06 bits per heavy atom. The fourth-order valence-electron chi connectivity index (χ4n) is 4.68. The standard InChI is InChI=1S/C24H27BN4O3S2/c1-12(2)19(28-24(31)32-3)23(30)29-8-4-5-18(29)22-26-16-7-6-13(9-17(16)27-22)14-10-33-21-15(25)11-34-20(14)21/h6-7,9-12,18-19H,4-5,8,25H2,1-3H3,(H,26,27)(H,28,31)/t18-,19-/m0/s1. The van der Waals surface area contributed by atoms with Crippen molar-refractivity contribution in [3.8, 4) is 11.1 Å². The minimum absolute atomic E-state index is 0.0607. The van der Waals surface area contributed by atoms with Crippen molar-refractivity contribution in [3.05, 3.63) is 34.8 Å². The summed E-state index contributed by atoms with van der Waals surface area (Å²) in [5.41, 5.74) is 5.60. The first kappa shape index (κ1) is 22.9. The number of nitrogens with zero attached hydrogens (tertiary/aromatic N) is 2. The highest BCUT2D eigenvalue weighted by Crippen LogP contribution is 2.38. The van der Waals surface area contributed by atoms with E-state index in [0.717, 1.165) is 35.3 Å². The molecule has 0 radical (unpaired) electrons. The maximum absolute atomic E-state index is 13.4. The minimum atomic E-state index is -0.640. The lowest BCUT2D eigenvalue weighted by molar-refractivity contribution is -0.135. The number of thiophene rings is 2. The fourth-order valence-corrected chi connectivity index (χ4v) is 7.06. The highest BCUT2D eigenvalue weighted by Gasteiger charge is 2.37. The van der Waals surface area contributed by atoms with Gasteiger partial charge in [-0.3, -0.25) is 4.79 Å². The maximum Gasteiger partial charge on any atom is 0.407 e. The number of amides is 2. The molecule has 1 fully saturated rings. The molecule has 4 heterocycles. The Balaban J connectivity index is 1.44. The predicted molar refractivity (Wildman–Crippen MR) is 141 cm³/mol. The summed E-state index contributed by atoms with van der Waals surface area (Å²) < 4.78 is 7.41. The Kier molecular flexibility index (Phi) is 6.12. The lowest BCUT2D eigenvalue weighted by atomic mass is 9.99. The van der Waals surface area contributed by atoms with E-state index in [2.05, 4.69) is 41.0 Å². The van der Waals surface area contributed by atoms with Crippen LogP contribution in [-0.2, 0) is 9.53 Å². The molecule has 2 N–H and O–H groups in total. The van der Waals surface area contributed by atoms with Gasteiger partial charge in [-0.2, -0.15) is 0 Å². The molecule has 4 aromatic rings. The summed E-state index contributed by atoms with van der Waals surface area (Å²) in [6, 6.07) is 5.54. The van der Waals surface area contributed by atoms with Crippen LogP contribution in [0.3, 0.4) is 0 Å². The van der Waals surface area contributed by atoms with Crippen LogP contribution in [0.4, 0.5) is 4.79 Å². The van der Waals surface area contributed by atoms with Crippen LogP contribution in [0.2, 0.25) is 0 Å². The lowest BCUT2D eigenvalue weighted by Gasteiger charge is -2.29. The van der Waals surface area contributed by atoms with Crippen LogP contribution in [0, 0.1) is 5.92 Å². The molecule has 1 aromatic carbocycles. The number of likely N-dealkylation sites (tertiary alicyclic amines) is 1. The molecule has 0 saturated carbocycles. The van der Waals surface area contributed by atoms with Crippen molar-refractivity contribution in [2.75, 3.05) is 13.7 Å². The molecule has 1 aliphatic heterocycles. The van der Waals surface area contributed by atoms with Gasteiger partial charge >= 0.3 is 6.09 Å². The van der Waals surface area contributed by atoms with Crippen molar-refractivity contribution in [1.29, 1.82) is 0 Å². The second kappa shape index (κ2) is 9.07. The van der Waals surface area contributed by atoms with Crippen LogP contribution in [0.5, 0.6) is 0 Å². The van der Waals surface area contributed by atoms with Gasteiger partial charge in [0.25, 0.3) is 0 Å². The van der Waals surface area contributed by atoms with E-state index in [1.807, 2.05) is 24.8 Å². The molecular formula is C24H27BN4O3S2. The van der Waals surface area contributed by atoms with Gasteiger partial charge in [0.15, 0.2) is 0 Å². The Bertz CT molecular complexity index is 1380. The van der Waals surface area contributed by atoms with Gasteiger partial charge < -0.3 is 19.9 Å². The van der Waals surface area contributed by atoms with Gasteiger partial charge in [-0.15, -0.1) is 22.7 Å². The van der Waals surface area contributed by atoms with Crippen molar-refractivity contribution in [2.24, 2.45) is 5.92 Å². The molecule has 1 saturated heterocycles. The average Bonchev–Trinajstić information content (AvgIpc) is 3.60. The molecule has 2 atom stereocenters. The zero-order valence-electron chi connectivity index (χ0n) is 19.7. The number of fused-ring (bicyclic) bond motifs is 2. The number of imidazole rings is 1. The van der Waals surface area contributed by atoms with E-state index in [9.17, 15) is 9.59 Å². The van der Waals surface area contributed by atoms with E-state index in [4.69, 9.17) is 9.72 Å². The third kappa shape index (κ3) is 3.98. The molecule has 0 spiro atoms. The molecule has 5 rings (SSSR count). The monoisotopic (exact) mass is 494 g/mol. The van der Waals surface area contributed by atoms with Crippen molar-refractivity contribution < 1.29 is 14.3 Å². The van der Waals surface area contributed by atoms with Gasteiger partial charge in [-0.05, 0) is 41.8 Å². The molecular weight excluding hydrogens is 467 g/mol. The Morgan fingerprint density at radius 3 is 2.82 bits per heavy atom. The van der Waals surface area contributed by atoms with Gasteiger partial charge in [0.1, 0.15) is 19.7 Å². The number of carbonyl (C=O) groups excluding carboxylic acids is 2. The van der Waals surface area contributed by atoms with Gasteiger partial charge in [-0.25, -0.2) is 9.78 Å². The smallest absolute Gasteiger partial charge is 0.407 e. The van der Waals surface area contributed by atoms with Crippen molar-refractivity contribution in [2.45, 2.75) is 38.8 Å². The number of hydrogen-bond donors (Lipinski definition) is 2. The Hall–Kier alpha value is -2.85. The normalized spacial score (nSPS) is 17.1. The largest absolute Gasteiger partial charge is 0.453 e. The number of aromatic amines is 1. The van der Waals surface area contributed by atoms with Gasteiger partial charge in [-0.1, -0.05) is 25.4 Å². The van der Waals surface area contributed by atoms with Crippen LogP contribution in [0.25, 0.3) is 31.6 Å². The van der Waals surface area contributed by atoms with Crippen LogP contribution < -0.4 is 10.8 Å². The van der Waals surface area contributed by atoms with Crippen LogP contribution in [0.1, 0.15) is 38.6 Å². The summed E-state index contributed by atoms with van der Waals surface area (Å²) in [6.07, 6.45) is 1.13. The first-order chi connectivity index (χ1) is 16.4. The highest BCUT2D eigenvalue weighted by molar-refractivity contribution is 7.28. The Morgan fingerprint density at radius 1 is 1.26 bits per heavy atom. The Labute approximate surface area is 206 Å². The predicted octanol–water partition coefficient (Wildman–Crippen LogP) is 3.81. The second-order valence-corrected chi connectivity index (χ2v) is 10.9. The number of benzene rings is 1. The van der Waals surface area contributed by atoms with E-state index in [-0.39, 0.29) is 17.9 Å². The maximum atomic E-state index is 13.4. The number of carbonyl (C=O) groups is 2. The SMILES string of the molecule is Bc1csc2c(-c3ccc4nc([C@@H]5CCCN5C(=O)[C@@H](NC(=O)OC)C(C)C)[nH]c4c3)csc12. The summed E-state index contributed by atoms with van der Waals surface area (Å²) >= 11 is 3.58. The summed E-state index contributed by atoms with van der Waals surface area (Å²) in [4.78, 5) is 35.4. The zero-order chi connectivity index (χ0) is 24.0. The number of alkyl carbamates (subject to hydrolysis) is 1. The highest BCUT2D eigenvalue weighted by atomic mass is 32.1. The average molecular weight is 494 g/mol. The number of ether oxygens (including phenoxy) is 1. The first-order valence-electron chi connectivity index (χ1n) is 11.5. The summed E-state index contributed by atoms with van der Waals surface area (Å²) in [5, 5.41) is 7.14. The van der Waals surface area contributed by atoms with Crippen molar-refractivity contribution in [3.63, 3.8) is 0 Å². The van der Waals surface area contributed by atoms with E-state index < -0.39 is 12.1 Å². The molecule has 0 bridgehead atoms. The molecule has 3 aromatic heterocycles. The topological polar surface area (TPSA) is 87.3 Å². The molecule has 34 heavy (non-hydrogen) atoms. The van der Waals surface area contributed by atoms with Gasteiger partial charge in [0, 0.05) is 22.2 Å². The van der Waals surface area contributed by atoms with Crippen LogP contribution >= 0.6 is 22.7 Å². The minimum Gasteiger partial charge on any atom is -0.453 e. The molecule has 2 amide bonds. The summed E-state index contributed by atoms with van der Waals surface area (Å²) in [5.74, 6) is 0.633. The first-order valence-corrected chi connectivity index (χ1v) is 13.2. The van der Waals surface area contributed by atoms with E-state index >= 15 is 0 Å². The summed E-state index contributed by atoms with van der Waals surface area (Å²) in [6.45, 7) is 4.48. The molecule has 7 nitrogen and oxygen atoms in total. The van der Waals surface area contributed by atoms with Crippen molar-refractivity contribution in [1.82, 2.24) is 20.2 Å². The molecule has 176 valence electrons. The summed E-state index contributed by atoms with van der Waals surface area (Å²) in [7, 11) is 3.46. The van der Waals surface area contributed by atoms with Crippen LogP contribution in [-0.4, -0.2) is 54.4 Å². The zero-order valence-corrected chi connectivity index (χ0v) is 21.3. The van der Waals surface area contributed by atoms with E-state index in [1.165, 1.54) is 27.5 Å². The van der Waals surface area contributed by atoms with Gasteiger partial charge in [0.05, 0.1) is 28.9 Å². The number of rotatable bonds is 5. The molecule has 10 heteroatoms. The third-order valence-corrected chi connectivity index (χ3v) is 8.89. The number of nitrogens with one attached hydrogen (secondary N) is 2. The van der Waals surface area contributed by atoms with Crippen LogP contribution in [0.15, 0.2) is 29.0 Å². The van der Waals surface area contributed by atoms with Crippen molar-refractivity contribution >= 4 is 68.4 Å². The lowest BCUT2D eigenvalue weighted by Crippen LogP contribution is -2.51. The number of H-pyrrole nitrogens is 1. The molecule has 0 aliphatic carbocycles. The van der Waals surface area contributed by atoms with E-state index in [0.29, 0.717) is 6.54 Å². The van der Waals surface area contributed by atoms with E-state index in [1.54, 1.807) is 22.7 Å². The number of aromatic nitrogens is 2. The van der Waals surface area contributed by atoms with Gasteiger partial charge in [0.2, 0.25) is 5.91 Å². The molecule has 1 aliphatic rings. The second-order valence-electron chi connectivity index (χ2n) is 9.13. The molecule has 0 unspecified atom stereocenters. The quantitative estimate of drug-likeness (QED) is 0.413. The number of hydrogen-bond acceptors (Lipinski definition) is 6. The third-order valence-electron chi connectivity index (χ3n) is 6.51. The fraction of sp³-hybridized carbons (Fsp3) is 0.375. The number of methoxy groups -OCH3 is 1.